The summed E-state index contributed by atoms with van der Waals surface area (Å²) in [5, 5.41) is 0. The van der Waals surface area contributed by atoms with Crippen molar-refractivity contribution in [2.24, 2.45) is 46.8 Å². The molecule has 9 unspecified atom stereocenters. The van der Waals surface area contributed by atoms with Crippen molar-refractivity contribution in [3.05, 3.63) is 0 Å². The van der Waals surface area contributed by atoms with Crippen LogP contribution in [-0.2, 0) is 23.8 Å². The first kappa shape index (κ1) is 21.1. The molecule has 0 spiro atoms. The van der Waals surface area contributed by atoms with E-state index in [0.717, 1.165) is 36.0 Å². The smallest absolute Gasteiger partial charge is 0.311 e. The summed E-state index contributed by atoms with van der Waals surface area (Å²) in [7, 11) is 1.58. The van der Waals surface area contributed by atoms with Gasteiger partial charge in [0, 0.05) is 7.11 Å². The lowest BCUT2D eigenvalue weighted by molar-refractivity contribution is -0.163. The molecule has 4 aliphatic rings. The topological polar surface area (TPSA) is 61.8 Å². The minimum atomic E-state index is -0.670. The van der Waals surface area contributed by atoms with Crippen molar-refractivity contribution in [2.45, 2.75) is 71.8 Å². The third-order valence-electron chi connectivity index (χ3n) is 8.89. The second kappa shape index (κ2) is 8.20. The van der Waals surface area contributed by atoms with Crippen molar-refractivity contribution in [3.63, 3.8) is 0 Å². The second-order valence-electron chi connectivity index (χ2n) is 10.5. The van der Waals surface area contributed by atoms with Crippen LogP contribution in [0.4, 0.5) is 0 Å². The van der Waals surface area contributed by atoms with Gasteiger partial charge < -0.3 is 14.2 Å². The lowest BCUT2D eigenvalue weighted by Crippen LogP contribution is -2.39. The second-order valence-corrected chi connectivity index (χ2v) is 10.5. The van der Waals surface area contributed by atoms with Gasteiger partial charge in [-0.1, -0.05) is 13.8 Å². The molecular weight excluding hydrogens is 368 g/mol. The highest BCUT2D eigenvalue weighted by Crippen LogP contribution is 2.67. The van der Waals surface area contributed by atoms with E-state index in [-0.39, 0.29) is 30.6 Å². The van der Waals surface area contributed by atoms with Crippen molar-refractivity contribution < 1.29 is 23.8 Å². The molecule has 4 rings (SSSR count). The van der Waals surface area contributed by atoms with Crippen molar-refractivity contribution in [1.29, 1.82) is 0 Å². The van der Waals surface area contributed by atoms with Gasteiger partial charge >= 0.3 is 11.9 Å². The zero-order valence-electron chi connectivity index (χ0n) is 18.5. The zero-order chi connectivity index (χ0) is 20.8. The molecule has 0 heterocycles. The van der Waals surface area contributed by atoms with Crippen LogP contribution in [0.25, 0.3) is 0 Å². The normalized spacial score (nSPS) is 39.8. The average Bonchev–Trinajstić information content (AvgIpc) is 3.47. The predicted molar refractivity (Wildman–Crippen MR) is 109 cm³/mol. The van der Waals surface area contributed by atoms with Crippen LogP contribution in [0.1, 0.15) is 65.7 Å². The van der Waals surface area contributed by atoms with E-state index < -0.39 is 5.41 Å². The highest BCUT2D eigenvalue weighted by molar-refractivity contribution is 5.78. The molecule has 4 aliphatic carbocycles. The maximum absolute atomic E-state index is 12.9. The third kappa shape index (κ3) is 3.73. The van der Waals surface area contributed by atoms with Crippen LogP contribution in [0.5, 0.6) is 0 Å². The van der Waals surface area contributed by atoms with Crippen LogP contribution in [0, 0.1) is 46.8 Å². The molecule has 29 heavy (non-hydrogen) atoms. The predicted octanol–water partition coefficient (Wildman–Crippen LogP) is 4.23. The van der Waals surface area contributed by atoms with Crippen LogP contribution in [-0.4, -0.2) is 38.4 Å². The molecule has 5 nitrogen and oxygen atoms in total. The summed E-state index contributed by atoms with van der Waals surface area (Å²) >= 11 is 0. The van der Waals surface area contributed by atoms with E-state index in [2.05, 4.69) is 0 Å². The molecule has 0 aliphatic heterocycles. The molecule has 4 saturated carbocycles. The van der Waals surface area contributed by atoms with Gasteiger partial charge in [-0.3, -0.25) is 9.59 Å². The minimum Gasteiger partial charge on any atom is -0.463 e. The number of rotatable bonds is 9. The molecular formula is C24H38O5. The molecule has 0 aromatic rings. The molecule has 0 N–H and O–H groups in total. The monoisotopic (exact) mass is 406 g/mol. The third-order valence-corrected chi connectivity index (χ3v) is 8.89. The van der Waals surface area contributed by atoms with Gasteiger partial charge in [0.25, 0.3) is 0 Å². The number of esters is 2. The molecule has 0 radical (unpaired) electrons. The van der Waals surface area contributed by atoms with Gasteiger partial charge in [0.2, 0.25) is 0 Å². The van der Waals surface area contributed by atoms with Gasteiger partial charge in [-0.25, -0.2) is 0 Å². The lowest BCUT2D eigenvalue weighted by Gasteiger charge is -2.38. The molecule has 164 valence electrons. The highest BCUT2D eigenvalue weighted by Gasteiger charge is 2.63. The summed E-state index contributed by atoms with van der Waals surface area (Å²) in [6.07, 6.45) is 7.81. The fourth-order valence-electron chi connectivity index (χ4n) is 7.43. The summed E-state index contributed by atoms with van der Waals surface area (Å²) in [5.41, 5.74) is -0.670. The van der Waals surface area contributed by atoms with Crippen LogP contribution in [0.2, 0.25) is 0 Å². The van der Waals surface area contributed by atoms with E-state index in [1.807, 2.05) is 20.8 Å². The van der Waals surface area contributed by atoms with Crippen molar-refractivity contribution in [1.82, 2.24) is 0 Å². The first-order chi connectivity index (χ1) is 13.9. The van der Waals surface area contributed by atoms with E-state index >= 15 is 0 Å². The Labute approximate surface area is 175 Å². The van der Waals surface area contributed by atoms with Gasteiger partial charge in [0.15, 0.2) is 0 Å². The first-order valence-electron chi connectivity index (χ1n) is 11.7. The molecule has 0 saturated heterocycles. The number of fused-ring (bicyclic) bond motifs is 9. The molecule has 0 amide bonds. The Hall–Kier alpha value is -1.10. The molecule has 5 heteroatoms. The summed E-state index contributed by atoms with van der Waals surface area (Å²) in [5.74, 6) is 4.29. The lowest BCUT2D eigenvalue weighted by atomic mass is 9.70. The standard InChI is InChI=1S/C24H38O5/c1-5-24(3,23(26)28-9-8-27-4)13-14(2)22(25)29-19-12-17-11-18(19)21-16-7-6-15(10-16)20(17)21/h14-21H,5-13H2,1-4H3. The quantitative estimate of drug-likeness (QED) is 0.326. The summed E-state index contributed by atoms with van der Waals surface area (Å²) in [6, 6.07) is 0. The maximum Gasteiger partial charge on any atom is 0.311 e. The average molecular weight is 407 g/mol. The van der Waals surface area contributed by atoms with Gasteiger partial charge in [0.1, 0.15) is 12.7 Å². The molecule has 9 atom stereocenters. The number of hydrogen-bond acceptors (Lipinski definition) is 5. The Balaban J connectivity index is 1.31. The maximum atomic E-state index is 12.9. The van der Waals surface area contributed by atoms with Crippen LogP contribution in [0.15, 0.2) is 0 Å². The number of hydrogen-bond donors (Lipinski definition) is 0. The molecule has 0 aromatic heterocycles. The summed E-state index contributed by atoms with van der Waals surface area (Å²) in [6.45, 7) is 6.40. The summed E-state index contributed by atoms with van der Waals surface area (Å²) < 4.78 is 16.4. The van der Waals surface area contributed by atoms with Crippen molar-refractivity contribution >= 4 is 11.9 Å². The largest absolute Gasteiger partial charge is 0.463 e. The Kier molecular flexibility index (Phi) is 5.98. The van der Waals surface area contributed by atoms with Crippen LogP contribution < -0.4 is 0 Å². The fraction of sp³-hybridized carbons (Fsp3) is 0.917. The van der Waals surface area contributed by atoms with E-state index in [1.54, 1.807) is 7.11 Å². The van der Waals surface area contributed by atoms with Gasteiger partial charge in [-0.15, -0.1) is 0 Å². The van der Waals surface area contributed by atoms with Crippen molar-refractivity contribution in [3.8, 4) is 0 Å². The number of ether oxygens (including phenoxy) is 3. The van der Waals surface area contributed by atoms with Crippen LogP contribution >= 0.6 is 0 Å². The minimum absolute atomic E-state index is 0.108. The molecule has 0 aromatic carbocycles. The SMILES string of the molecule is CCC(C)(CC(C)C(=O)OC1CC2CC1C1C3CCC(C3)C21)C(=O)OCCOC. The number of carbonyl (C=O) groups is 2. The van der Waals surface area contributed by atoms with Gasteiger partial charge in [-0.2, -0.15) is 0 Å². The van der Waals surface area contributed by atoms with E-state index in [4.69, 9.17) is 14.2 Å². The first-order valence-corrected chi connectivity index (χ1v) is 11.7. The summed E-state index contributed by atoms with van der Waals surface area (Å²) in [4.78, 5) is 25.5. The van der Waals surface area contributed by atoms with E-state index in [0.29, 0.717) is 25.4 Å². The molecule has 4 bridgehead atoms. The van der Waals surface area contributed by atoms with Crippen LogP contribution in [0.3, 0.4) is 0 Å². The van der Waals surface area contributed by atoms with E-state index in [1.165, 1.54) is 25.7 Å². The Morgan fingerprint density at radius 3 is 2.45 bits per heavy atom. The number of methoxy groups -OCH3 is 1. The highest BCUT2D eigenvalue weighted by atomic mass is 16.6. The Bertz CT molecular complexity index is 633. The van der Waals surface area contributed by atoms with Crippen molar-refractivity contribution in [2.75, 3.05) is 20.3 Å². The van der Waals surface area contributed by atoms with Gasteiger partial charge in [0.05, 0.1) is 17.9 Å². The molecule has 4 fully saturated rings. The zero-order valence-corrected chi connectivity index (χ0v) is 18.5. The number of carbonyl (C=O) groups excluding carboxylic acids is 2. The Morgan fingerprint density at radius 1 is 1.03 bits per heavy atom. The van der Waals surface area contributed by atoms with E-state index in [9.17, 15) is 9.59 Å². The Morgan fingerprint density at radius 2 is 1.76 bits per heavy atom. The fourth-order valence-corrected chi connectivity index (χ4v) is 7.43. The van der Waals surface area contributed by atoms with Gasteiger partial charge in [-0.05, 0) is 87.4 Å².